The van der Waals surface area contributed by atoms with E-state index in [2.05, 4.69) is 22.3 Å². The lowest BCUT2D eigenvalue weighted by Gasteiger charge is -2.23. The maximum absolute atomic E-state index is 5.80. The molecule has 112 valence electrons. The number of nitrogens with one attached hydrogen (secondary N) is 1. The lowest BCUT2D eigenvalue weighted by Crippen LogP contribution is -2.39. The molecule has 2 atom stereocenters. The van der Waals surface area contributed by atoms with E-state index in [1.807, 2.05) is 7.05 Å². The van der Waals surface area contributed by atoms with Crippen LogP contribution in [0.5, 0.6) is 0 Å². The number of hydrogen-bond acceptors (Lipinski definition) is 3. The maximum Gasteiger partial charge on any atom is 0.0732 e. The molecule has 0 radical (unpaired) electrons. The van der Waals surface area contributed by atoms with E-state index >= 15 is 0 Å². The van der Waals surface area contributed by atoms with Crippen molar-refractivity contribution in [2.75, 3.05) is 13.7 Å². The van der Waals surface area contributed by atoms with Gasteiger partial charge in [0, 0.05) is 25.3 Å². The van der Waals surface area contributed by atoms with Crippen LogP contribution in [0.3, 0.4) is 0 Å². The van der Waals surface area contributed by atoms with Gasteiger partial charge in [0.25, 0.3) is 0 Å². The summed E-state index contributed by atoms with van der Waals surface area (Å²) >= 11 is 0. The molecule has 4 nitrogen and oxygen atoms in total. The second-order valence-corrected chi connectivity index (χ2v) is 6.23. The van der Waals surface area contributed by atoms with Crippen molar-refractivity contribution in [1.29, 1.82) is 0 Å². The summed E-state index contributed by atoms with van der Waals surface area (Å²) in [4.78, 5) is 0. The van der Waals surface area contributed by atoms with Crippen molar-refractivity contribution in [1.82, 2.24) is 15.1 Å². The van der Waals surface area contributed by atoms with Crippen molar-refractivity contribution in [3.63, 3.8) is 0 Å². The van der Waals surface area contributed by atoms with E-state index in [-0.39, 0.29) is 0 Å². The van der Waals surface area contributed by atoms with Crippen LogP contribution in [0.25, 0.3) is 0 Å². The molecule has 2 heterocycles. The summed E-state index contributed by atoms with van der Waals surface area (Å²) in [6.45, 7) is 0.916. The number of hydrogen-bond donors (Lipinski definition) is 1. The van der Waals surface area contributed by atoms with Gasteiger partial charge in [-0.1, -0.05) is 19.3 Å². The third kappa shape index (κ3) is 3.23. The second-order valence-electron chi connectivity index (χ2n) is 6.23. The topological polar surface area (TPSA) is 39.1 Å². The van der Waals surface area contributed by atoms with Crippen molar-refractivity contribution in [2.24, 2.45) is 0 Å². The van der Waals surface area contributed by atoms with Gasteiger partial charge in [-0.05, 0) is 38.8 Å². The van der Waals surface area contributed by atoms with Crippen LogP contribution >= 0.6 is 0 Å². The van der Waals surface area contributed by atoms with Gasteiger partial charge in [-0.3, -0.25) is 4.68 Å². The first-order chi connectivity index (χ1) is 9.86. The summed E-state index contributed by atoms with van der Waals surface area (Å²) in [6.07, 6.45) is 12.6. The van der Waals surface area contributed by atoms with Gasteiger partial charge < -0.3 is 10.1 Å². The Hall–Kier alpha value is -0.870. The quantitative estimate of drug-likeness (QED) is 0.899. The Morgan fingerprint density at radius 2 is 2.15 bits per heavy atom. The molecular formula is C16H27N3O. The lowest BCUT2D eigenvalue weighted by molar-refractivity contribution is 0.0804. The second kappa shape index (κ2) is 6.72. The van der Waals surface area contributed by atoms with Crippen LogP contribution in [-0.4, -0.2) is 35.6 Å². The first-order valence-corrected chi connectivity index (χ1v) is 8.19. The SMILES string of the molecule is CNC(Cc1ccn(C2CCCCC2)n1)C1CCCO1. The van der Waals surface area contributed by atoms with E-state index in [4.69, 9.17) is 9.84 Å². The fraction of sp³-hybridized carbons (Fsp3) is 0.812. The van der Waals surface area contributed by atoms with Gasteiger partial charge in [-0.25, -0.2) is 0 Å². The minimum atomic E-state index is 0.361. The van der Waals surface area contributed by atoms with E-state index in [0.29, 0.717) is 18.2 Å². The summed E-state index contributed by atoms with van der Waals surface area (Å²) in [5.74, 6) is 0. The molecule has 0 bridgehead atoms. The van der Waals surface area contributed by atoms with Gasteiger partial charge in [0.15, 0.2) is 0 Å². The molecule has 2 fully saturated rings. The van der Waals surface area contributed by atoms with Crippen molar-refractivity contribution < 1.29 is 4.74 Å². The third-order valence-corrected chi connectivity index (χ3v) is 4.83. The summed E-state index contributed by atoms with van der Waals surface area (Å²) in [7, 11) is 2.03. The van der Waals surface area contributed by atoms with E-state index in [9.17, 15) is 0 Å². The van der Waals surface area contributed by atoms with Crippen LogP contribution < -0.4 is 5.32 Å². The van der Waals surface area contributed by atoms with Crippen molar-refractivity contribution >= 4 is 0 Å². The van der Waals surface area contributed by atoms with Crippen LogP contribution in [0, 0.1) is 0 Å². The van der Waals surface area contributed by atoms with Gasteiger partial charge in [0.2, 0.25) is 0 Å². The number of rotatable bonds is 5. The Balaban J connectivity index is 1.60. The van der Waals surface area contributed by atoms with E-state index in [1.54, 1.807) is 0 Å². The average molecular weight is 277 g/mol. The average Bonchev–Trinajstić information content (AvgIpc) is 3.17. The van der Waals surface area contributed by atoms with Crippen molar-refractivity contribution in [3.8, 4) is 0 Å². The highest BCUT2D eigenvalue weighted by Gasteiger charge is 2.25. The lowest BCUT2D eigenvalue weighted by atomic mass is 9.96. The molecule has 1 aromatic heterocycles. The number of ether oxygens (including phenoxy) is 1. The van der Waals surface area contributed by atoms with E-state index in [1.165, 1.54) is 50.6 Å². The van der Waals surface area contributed by atoms with Crippen LogP contribution in [0.1, 0.15) is 56.7 Å². The van der Waals surface area contributed by atoms with Gasteiger partial charge in [-0.2, -0.15) is 5.10 Å². The number of likely N-dealkylation sites (N-methyl/N-ethyl adjacent to an activating group) is 1. The Morgan fingerprint density at radius 3 is 2.85 bits per heavy atom. The molecule has 4 heteroatoms. The molecule has 0 amide bonds. The van der Waals surface area contributed by atoms with Crippen molar-refractivity contribution in [3.05, 3.63) is 18.0 Å². The number of nitrogens with zero attached hydrogens (tertiary/aromatic N) is 2. The van der Waals surface area contributed by atoms with Gasteiger partial charge in [0.1, 0.15) is 0 Å². The highest BCUT2D eigenvalue weighted by molar-refractivity contribution is 5.04. The van der Waals surface area contributed by atoms with Gasteiger partial charge >= 0.3 is 0 Å². The normalized spacial score (nSPS) is 25.9. The van der Waals surface area contributed by atoms with Crippen LogP contribution in [-0.2, 0) is 11.2 Å². The summed E-state index contributed by atoms with van der Waals surface area (Å²) in [6, 6.07) is 3.22. The van der Waals surface area contributed by atoms with Gasteiger partial charge in [0.05, 0.1) is 17.8 Å². The minimum Gasteiger partial charge on any atom is -0.377 e. The van der Waals surface area contributed by atoms with Crippen LogP contribution in [0.15, 0.2) is 12.3 Å². The summed E-state index contributed by atoms with van der Waals surface area (Å²) in [5.41, 5.74) is 1.20. The Kier molecular flexibility index (Phi) is 4.73. The Labute approximate surface area is 121 Å². The molecule has 1 aliphatic heterocycles. The third-order valence-electron chi connectivity index (χ3n) is 4.83. The molecule has 1 aromatic rings. The fourth-order valence-electron chi connectivity index (χ4n) is 3.60. The number of aromatic nitrogens is 2. The molecule has 0 spiro atoms. The van der Waals surface area contributed by atoms with Crippen LogP contribution in [0.2, 0.25) is 0 Å². The highest BCUT2D eigenvalue weighted by atomic mass is 16.5. The predicted octanol–water partition coefficient (Wildman–Crippen LogP) is 2.70. The maximum atomic E-state index is 5.80. The molecular weight excluding hydrogens is 250 g/mol. The van der Waals surface area contributed by atoms with E-state index in [0.717, 1.165) is 13.0 Å². The largest absolute Gasteiger partial charge is 0.377 e. The van der Waals surface area contributed by atoms with Gasteiger partial charge in [-0.15, -0.1) is 0 Å². The molecule has 1 saturated carbocycles. The molecule has 20 heavy (non-hydrogen) atoms. The van der Waals surface area contributed by atoms with Crippen LogP contribution in [0.4, 0.5) is 0 Å². The zero-order valence-corrected chi connectivity index (χ0v) is 12.6. The molecule has 1 saturated heterocycles. The Bertz CT molecular complexity index is 406. The van der Waals surface area contributed by atoms with Crippen molar-refractivity contribution in [2.45, 2.75) is 69.6 Å². The summed E-state index contributed by atoms with van der Waals surface area (Å²) in [5, 5.41) is 8.22. The molecule has 2 aliphatic rings. The highest BCUT2D eigenvalue weighted by Crippen LogP contribution is 2.27. The minimum absolute atomic E-state index is 0.361. The Morgan fingerprint density at radius 1 is 1.30 bits per heavy atom. The predicted molar refractivity (Wildman–Crippen MR) is 79.9 cm³/mol. The smallest absolute Gasteiger partial charge is 0.0732 e. The zero-order chi connectivity index (χ0) is 13.8. The molecule has 1 N–H and O–H groups in total. The molecule has 2 unspecified atom stereocenters. The fourth-order valence-corrected chi connectivity index (χ4v) is 3.60. The zero-order valence-electron chi connectivity index (χ0n) is 12.6. The molecule has 0 aromatic carbocycles. The first kappa shape index (κ1) is 14.1. The monoisotopic (exact) mass is 277 g/mol. The summed E-state index contributed by atoms with van der Waals surface area (Å²) < 4.78 is 8.01. The van der Waals surface area contributed by atoms with E-state index < -0.39 is 0 Å². The molecule has 1 aliphatic carbocycles. The standard InChI is InChI=1S/C16H27N3O/c1-17-15(16-8-5-11-20-16)12-13-9-10-19(18-13)14-6-3-2-4-7-14/h9-10,14-17H,2-8,11-12H2,1H3. The first-order valence-electron chi connectivity index (χ1n) is 8.19. The molecule has 3 rings (SSSR count).